The molecule has 0 aliphatic heterocycles. The van der Waals surface area contributed by atoms with Gasteiger partial charge < -0.3 is 5.32 Å². The summed E-state index contributed by atoms with van der Waals surface area (Å²) in [6, 6.07) is 5.07. The molecule has 0 bridgehead atoms. The number of amides is 1. The van der Waals surface area contributed by atoms with Crippen molar-refractivity contribution in [2.24, 2.45) is 0 Å². The molecule has 1 amide bonds. The molecule has 0 atom stereocenters. The van der Waals surface area contributed by atoms with E-state index >= 15 is 0 Å². The average Bonchev–Trinajstić information content (AvgIpc) is 2.45. The van der Waals surface area contributed by atoms with E-state index in [4.69, 9.17) is 13.7 Å². The van der Waals surface area contributed by atoms with Crippen molar-refractivity contribution >= 4 is 11.6 Å². The minimum absolute atomic E-state index is 0.0706. The topological polar surface area (TPSA) is 32.3 Å². The largest absolute Gasteiger partial charge is 0.325 e. The summed E-state index contributed by atoms with van der Waals surface area (Å²) in [4.78, 5) is 12.3. The zero-order valence-electron chi connectivity index (χ0n) is 19.8. The molecule has 3 nitrogen and oxygen atoms in total. The van der Waals surface area contributed by atoms with Crippen LogP contribution in [0.15, 0.2) is 18.2 Å². The van der Waals surface area contributed by atoms with Gasteiger partial charge in [-0.2, -0.15) is 0 Å². The van der Waals surface area contributed by atoms with E-state index in [9.17, 15) is 4.79 Å². The maximum Gasteiger partial charge on any atom is 0.238 e. The standard InChI is InChI=1S/C14H22N2O/c1-5-16(6-2)10-14(17)15-13-8-7-11(3)9-12(13)4/h7-9H,5-6,10H2,1-4H3,(H,15,17)/i1D3,2D3,5D2,6D2. The van der Waals surface area contributed by atoms with E-state index in [1.165, 1.54) is 0 Å². The molecule has 1 aromatic rings. The van der Waals surface area contributed by atoms with Crippen LogP contribution in [0.3, 0.4) is 0 Å². The van der Waals surface area contributed by atoms with Crippen LogP contribution in [0.2, 0.25) is 0 Å². The monoisotopic (exact) mass is 244 g/mol. The summed E-state index contributed by atoms with van der Waals surface area (Å²) < 4.78 is 74.9. The van der Waals surface area contributed by atoms with Crippen LogP contribution in [0.5, 0.6) is 0 Å². The number of hydrogen-bond donors (Lipinski definition) is 1. The number of nitrogens with one attached hydrogen (secondary N) is 1. The van der Waals surface area contributed by atoms with Crippen LogP contribution in [0.25, 0.3) is 0 Å². The molecule has 94 valence electrons. The zero-order valence-corrected chi connectivity index (χ0v) is 9.79. The third kappa shape index (κ3) is 4.19. The Hall–Kier alpha value is -1.35. The van der Waals surface area contributed by atoms with E-state index in [1.54, 1.807) is 25.1 Å². The van der Waals surface area contributed by atoms with Crippen molar-refractivity contribution in [3.8, 4) is 0 Å². The number of carbonyl (C=O) groups is 1. The zero-order chi connectivity index (χ0) is 21.4. The summed E-state index contributed by atoms with van der Waals surface area (Å²) in [6.07, 6.45) is 0. The molecule has 0 saturated heterocycles. The molecule has 0 fully saturated rings. The third-order valence-electron chi connectivity index (χ3n) is 2.23. The van der Waals surface area contributed by atoms with E-state index in [0.717, 1.165) is 5.56 Å². The number of aryl methyl sites for hydroxylation is 2. The van der Waals surface area contributed by atoms with Crippen molar-refractivity contribution < 1.29 is 18.5 Å². The first-order valence-electron chi connectivity index (χ1n) is 10.1. The number of nitrogens with zero attached hydrogens (tertiary/aromatic N) is 1. The van der Waals surface area contributed by atoms with Gasteiger partial charge >= 0.3 is 0 Å². The number of carbonyl (C=O) groups excluding carboxylic acids is 1. The highest BCUT2D eigenvalue weighted by Gasteiger charge is 2.08. The Morgan fingerprint density at radius 1 is 1.41 bits per heavy atom. The summed E-state index contributed by atoms with van der Waals surface area (Å²) in [6.45, 7) is -11.1. The second-order valence-corrected chi connectivity index (χ2v) is 3.68. The first kappa shape index (κ1) is 5.11. The first-order chi connectivity index (χ1) is 11.9. The molecule has 0 spiro atoms. The molecule has 0 radical (unpaired) electrons. The Morgan fingerprint density at radius 2 is 2.12 bits per heavy atom. The second-order valence-electron chi connectivity index (χ2n) is 3.68. The molecule has 0 saturated carbocycles. The highest BCUT2D eigenvalue weighted by Crippen LogP contribution is 2.15. The van der Waals surface area contributed by atoms with Gasteiger partial charge in [0.1, 0.15) is 0 Å². The normalized spacial score (nSPS) is 22.5. The van der Waals surface area contributed by atoms with Crippen molar-refractivity contribution in [3.63, 3.8) is 0 Å². The van der Waals surface area contributed by atoms with Crippen molar-refractivity contribution in [2.45, 2.75) is 27.6 Å². The van der Waals surface area contributed by atoms with Crippen LogP contribution >= 0.6 is 0 Å². The highest BCUT2D eigenvalue weighted by molar-refractivity contribution is 5.92. The van der Waals surface area contributed by atoms with E-state index in [0.29, 0.717) is 11.3 Å². The van der Waals surface area contributed by atoms with Crippen molar-refractivity contribution in [3.05, 3.63) is 29.3 Å². The first-order valence-corrected chi connectivity index (χ1v) is 5.06. The second kappa shape index (κ2) is 6.40. The SMILES string of the molecule is [2H]C([2H])([2H])C([2H])([2H])N(CC(=O)Nc1ccc(C)cc1C)C([2H])([2H])C([2H])([2H])[2H]. The number of likely N-dealkylation sites (N-methyl/N-ethyl adjacent to an activating group) is 1. The summed E-state index contributed by atoms with van der Waals surface area (Å²) in [5, 5.41) is 2.43. The fourth-order valence-corrected chi connectivity index (χ4v) is 1.39. The van der Waals surface area contributed by atoms with Crippen molar-refractivity contribution in [1.82, 2.24) is 4.90 Å². The van der Waals surface area contributed by atoms with Gasteiger partial charge in [0, 0.05) is 19.4 Å². The van der Waals surface area contributed by atoms with Crippen molar-refractivity contribution in [1.29, 1.82) is 0 Å². The average molecular weight is 244 g/mol. The molecule has 0 aliphatic carbocycles. The lowest BCUT2D eigenvalue weighted by Crippen LogP contribution is -2.33. The predicted molar refractivity (Wildman–Crippen MR) is 72.3 cm³/mol. The van der Waals surface area contributed by atoms with Gasteiger partial charge in [-0.25, -0.2) is 0 Å². The molecule has 0 aliphatic rings. The number of anilines is 1. The van der Waals surface area contributed by atoms with Crippen LogP contribution in [-0.2, 0) is 4.79 Å². The highest BCUT2D eigenvalue weighted by atomic mass is 16.2. The molecule has 0 heterocycles. The lowest BCUT2D eigenvalue weighted by atomic mass is 10.1. The molecule has 3 heteroatoms. The Morgan fingerprint density at radius 3 is 2.71 bits per heavy atom. The third-order valence-corrected chi connectivity index (χ3v) is 2.23. The van der Waals surface area contributed by atoms with Gasteiger partial charge in [-0.1, -0.05) is 31.4 Å². The lowest BCUT2D eigenvalue weighted by Gasteiger charge is -2.17. The number of hydrogen-bond acceptors (Lipinski definition) is 2. The molecule has 1 rings (SSSR count). The summed E-state index contributed by atoms with van der Waals surface area (Å²) in [5.74, 6) is -0.941. The van der Waals surface area contributed by atoms with Gasteiger partial charge in [0.2, 0.25) is 5.91 Å². The minimum Gasteiger partial charge on any atom is -0.325 e. The number of benzene rings is 1. The Balaban J connectivity index is 3.23. The van der Waals surface area contributed by atoms with Gasteiger partial charge in [0.15, 0.2) is 0 Å². The van der Waals surface area contributed by atoms with Crippen LogP contribution < -0.4 is 5.32 Å². The number of rotatable bonds is 5. The van der Waals surface area contributed by atoms with Crippen molar-refractivity contribution in [2.75, 3.05) is 24.9 Å². The van der Waals surface area contributed by atoms with Gasteiger partial charge in [-0.15, -0.1) is 0 Å². The molecule has 0 aromatic heterocycles. The van der Waals surface area contributed by atoms with E-state index in [1.807, 2.05) is 6.92 Å². The Bertz CT molecular complexity index is 670. The van der Waals surface area contributed by atoms with Gasteiger partial charge in [0.05, 0.1) is 6.54 Å². The van der Waals surface area contributed by atoms with E-state index in [-0.39, 0.29) is 4.90 Å². The van der Waals surface area contributed by atoms with Crippen LogP contribution in [0.1, 0.15) is 38.5 Å². The molecular weight excluding hydrogens is 212 g/mol. The predicted octanol–water partition coefficient (Wildman–Crippen LogP) is 2.58. The summed E-state index contributed by atoms with van der Waals surface area (Å²) in [5.41, 5.74) is 1.99. The molecule has 17 heavy (non-hydrogen) atoms. The Kier molecular flexibility index (Phi) is 1.92. The van der Waals surface area contributed by atoms with Crippen LogP contribution in [0, 0.1) is 13.8 Å². The fourth-order valence-electron chi connectivity index (χ4n) is 1.39. The molecular formula is C14H22N2O. The maximum atomic E-state index is 12.4. The van der Waals surface area contributed by atoms with E-state index < -0.39 is 39.1 Å². The van der Waals surface area contributed by atoms with Gasteiger partial charge in [-0.05, 0) is 38.5 Å². The quantitative estimate of drug-likeness (QED) is 0.863. The fraction of sp³-hybridized carbons (Fsp3) is 0.500. The van der Waals surface area contributed by atoms with Crippen LogP contribution in [-0.4, -0.2) is 30.3 Å². The van der Waals surface area contributed by atoms with Gasteiger partial charge in [-0.3, -0.25) is 9.69 Å². The van der Waals surface area contributed by atoms with E-state index in [2.05, 4.69) is 5.32 Å². The smallest absolute Gasteiger partial charge is 0.238 e. The summed E-state index contributed by atoms with van der Waals surface area (Å²) >= 11 is 0. The molecule has 0 unspecified atom stereocenters. The van der Waals surface area contributed by atoms with Gasteiger partial charge in [0.25, 0.3) is 0 Å². The molecule has 1 aromatic carbocycles. The van der Waals surface area contributed by atoms with Crippen LogP contribution in [0.4, 0.5) is 5.69 Å². The Labute approximate surface area is 118 Å². The lowest BCUT2D eigenvalue weighted by molar-refractivity contribution is -0.117. The summed E-state index contributed by atoms with van der Waals surface area (Å²) in [7, 11) is 0. The maximum absolute atomic E-state index is 12.4. The minimum atomic E-state index is -3.40. The molecule has 1 N–H and O–H groups in total.